The molecular weight excluding hydrogens is 623 g/mol. The van der Waals surface area contributed by atoms with Crippen molar-refractivity contribution >= 4 is 84.9 Å². The van der Waals surface area contributed by atoms with Gasteiger partial charge >= 0.3 is 0 Å². The lowest BCUT2D eigenvalue weighted by atomic mass is 10.0. The van der Waals surface area contributed by atoms with Gasteiger partial charge in [-0.25, -0.2) is 0 Å². The van der Waals surface area contributed by atoms with Crippen LogP contribution in [0.15, 0.2) is 130 Å². The number of rotatable bonds is 7. The largest absolute Gasteiger partial charge is 0.341 e. The van der Waals surface area contributed by atoms with Crippen LogP contribution in [0.25, 0.3) is 38.5 Å². The van der Waals surface area contributed by atoms with E-state index in [2.05, 4.69) is 126 Å². The third-order valence-electron chi connectivity index (χ3n) is 9.37. The summed E-state index contributed by atoms with van der Waals surface area (Å²) in [5, 5.41) is 8.81. The Morgan fingerprint density at radius 3 is 2.26 bits per heavy atom. The van der Waals surface area contributed by atoms with Crippen LogP contribution in [0, 0.1) is 0 Å². The highest BCUT2D eigenvalue weighted by molar-refractivity contribution is 8.03. The molecule has 8 rings (SSSR count). The minimum atomic E-state index is 0.803. The third kappa shape index (κ3) is 4.76. The zero-order valence-electron chi connectivity index (χ0n) is 25.9. The molecule has 46 heavy (non-hydrogen) atoms. The molecule has 2 heterocycles. The van der Waals surface area contributed by atoms with E-state index in [1.54, 1.807) is 0 Å². The van der Waals surface area contributed by atoms with Gasteiger partial charge < -0.3 is 4.57 Å². The lowest BCUT2D eigenvalue weighted by Gasteiger charge is -2.07. The van der Waals surface area contributed by atoms with Gasteiger partial charge in [-0.3, -0.25) is 0 Å². The number of halogens is 2. The molecule has 0 unspecified atom stereocenters. The maximum atomic E-state index is 6.64. The molecule has 226 valence electrons. The first kappa shape index (κ1) is 29.4. The number of hydrogen-bond acceptors (Lipinski definition) is 1. The molecule has 0 saturated carbocycles. The van der Waals surface area contributed by atoms with Crippen molar-refractivity contribution in [2.75, 3.05) is 6.54 Å². The highest BCUT2D eigenvalue weighted by atomic mass is 35.5. The van der Waals surface area contributed by atoms with E-state index < -0.39 is 0 Å². The molecule has 2 aliphatic rings. The number of allylic oxidation sites excluding steroid dienone is 5. The van der Waals surface area contributed by atoms with Gasteiger partial charge in [0.05, 0.1) is 10.9 Å². The molecule has 1 aliphatic heterocycles. The fraction of sp³-hybridized carbons (Fsp3) is 0.146. The smallest absolute Gasteiger partial charge is 0.214 e. The van der Waals surface area contributed by atoms with Crippen LogP contribution in [0.5, 0.6) is 0 Å². The van der Waals surface area contributed by atoms with Gasteiger partial charge in [0.1, 0.15) is 6.54 Å². The highest BCUT2D eigenvalue weighted by Gasteiger charge is 2.30. The molecule has 0 radical (unpaired) electrons. The zero-order chi connectivity index (χ0) is 31.4. The van der Waals surface area contributed by atoms with Crippen LogP contribution in [-0.4, -0.2) is 21.4 Å². The van der Waals surface area contributed by atoms with Gasteiger partial charge in [0.25, 0.3) is 0 Å². The Balaban J connectivity index is 1.26. The molecule has 0 atom stereocenters. The molecule has 0 N–H and O–H groups in total. The second kappa shape index (κ2) is 12.0. The lowest BCUT2D eigenvalue weighted by Crippen LogP contribution is -2.14. The van der Waals surface area contributed by atoms with Gasteiger partial charge in [0.2, 0.25) is 11.4 Å². The van der Waals surface area contributed by atoms with Crippen molar-refractivity contribution in [1.29, 1.82) is 0 Å². The molecule has 0 saturated heterocycles. The van der Waals surface area contributed by atoms with E-state index in [9.17, 15) is 0 Å². The van der Waals surface area contributed by atoms with Crippen LogP contribution in [0.1, 0.15) is 32.3 Å². The number of hydrogen-bond donors (Lipinski definition) is 0. The van der Waals surface area contributed by atoms with Crippen molar-refractivity contribution < 1.29 is 4.58 Å². The molecule has 0 fully saturated rings. The summed E-state index contributed by atoms with van der Waals surface area (Å²) in [5.74, 6) is 0. The van der Waals surface area contributed by atoms with Crippen LogP contribution in [-0.2, 0) is 6.54 Å². The Kier molecular flexibility index (Phi) is 7.65. The Morgan fingerprint density at radius 2 is 1.48 bits per heavy atom. The maximum absolute atomic E-state index is 6.64. The number of aryl methyl sites for hydroxylation is 1. The van der Waals surface area contributed by atoms with E-state index >= 15 is 0 Å². The average Bonchev–Trinajstić information content (AvgIpc) is 3.72. The van der Waals surface area contributed by atoms with Gasteiger partial charge in [0, 0.05) is 70.9 Å². The standard InChI is InChI=1S/C41H33Cl2N2S/c1-3-44-35(31-14-8-12-29-33(42)20-24-37(44)39(29)31)22-18-26-16-17-27(41(26)46-28-10-6-5-7-11-28)19-23-36-32-15-9-13-30-34(43)21-25-38(40(30)32)45(36)4-2/h5-15,18-25H,3-4,16-17H2,1-2H3/q+1. The molecule has 1 aromatic heterocycles. The van der Waals surface area contributed by atoms with Gasteiger partial charge in [-0.15, -0.1) is 0 Å². The highest BCUT2D eigenvalue weighted by Crippen LogP contribution is 2.44. The van der Waals surface area contributed by atoms with Gasteiger partial charge in [0.15, 0.2) is 0 Å². The van der Waals surface area contributed by atoms with E-state index in [1.165, 1.54) is 64.9 Å². The summed E-state index contributed by atoms with van der Waals surface area (Å²) >= 11 is 15.1. The summed E-state index contributed by atoms with van der Waals surface area (Å²) in [6, 6.07) is 32.1. The normalized spacial score (nSPS) is 16.3. The fourth-order valence-corrected chi connectivity index (χ4v) is 8.86. The Hall–Kier alpha value is -4.02. The average molecular weight is 657 g/mol. The maximum Gasteiger partial charge on any atom is 0.214 e. The Morgan fingerprint density at radius 1 is 0.739 bits per heavy atom. The minimum Gasteiger partial charge on any atom is -0.341 e. The number of aromatic nitrogens is 1. The van der Waals surface area contributed by atoms with Crippen molar-refractivity contribution in [3.8, 4) is 0 Å². The van der Waals surface area contributed by atoms with E-state index in [0.717, 1.165) is 46.7 Å². The molecule has 0 amide bonds. The molecule has 5 aromatic carbocycles. The number of thioether (sulfide) groups is 1. The van der Waals surface area contributed by atoms with Gasteiger partial charge in [-0.05, 0) is 80.3 Å². The third-order valence-corrected chi connectivity index (χ3v) is 11.3. The predicted octanol–water partition coefficient (Wildman–Crippen LogP) is 11.3. The second-order valence-electron chi connectivity index (χ2n) is 11.8. The first-order chi connectivity index (χ1) is 22.6. The monoisotopic (exact) mass is 655 g/mol. The van der Waals surface area contributed by atoms with Gasteiger partial charge in [-0.2, -0.15) is 4.58 Å². The van der Waals surface area contributed by atoms with Crippen LogP contribution in [0.4, 0.5) is 5.69 Å². The van der Waals surface area contributed by atoms with Crippen LogP contribution >= 0.6 is 35.0 Å². The number of nitrogens with zero attached hydrogens (tertiary/aromatic N) is 2. The van der Waals surface area contributed by atoms with Crippen molar-refractivity contribution in [1.82, 2.24) is 4.57 Å². The summed E-state index contributed by atoms with van der Waals surface area (Å²) in [6.07, 6.45) is 11.4. The summed E-state index contributed by atoms with van der Waals surface area (Å²) in [6.45, 7) is 6.22. The molecule has 0 spiro atoms. The summed E-state index contributed by atoms with van der Waals surface area (Å²) < 4.78 is 4.82. The number of benzene rings is 5. The van der Waals surface area contributed by atoms with E-state index in [-0.39, 0.29) is 0 Å². The van der Waals surface area contributed by atoms with E-state index in [0.29, 0.717) is 0 Å². The second-order valence-corrected chi connectivity index (χ2v) is 13.7. The first-order valence-corrected chi connectivity index (χ1v) is 17.5. The predicted molar refractivity (Wildman–Crippen MR) is 199 cm³/mol. The zero-order valence-corrected chi connectivity index (χ0v) is 28.2. The molecule has 6 aromatic rings. The molecule has 1 aliphatic carbocycles. The van der Waals surface area contributed by atoms with Crippen molar-refractivity contribution in [3.63, 3.8) is 0 Å². The molecular formula is C41H33Cl2N2S+. The quantitative estimate of drug-likeness (QED) is 0.155. The summed E-state index contributed by atoms with van der Waals surface area (Å²) in [7, 11) is 0. The molecule has 0 bridgehead atoms. The fourth-order valence-electron chi connectivity index (χ4n) is 7.29. The van der Waals surface area contributed by atoms with Crippen molar-refractivity contribution in [2.45, 2.75) is 38.1 Å². The van der Waals surface area contributed by atoms with Gasteiger partial charge in [-0.1, -0.05) is 95.6 Å². The summed E-state index contributed by atoms with van der Waals surface area (Å²) in [5.41, 5.74) is 7.70. The SMILES string of the molecule is CCn1/c(=C/C=C2\CCC(/C=C/C3=[N+](CC)c4ccc(Cl)c5cccc3c45)=C2Sc2ccccc2)c2cccc3c(Cl)ccc1c32. The lowest BCUT2D eigenvalue weighted by molar-refractivity contribution is -0.430. The Labute approximate surface area is 283 Å². The molecule has 2 nitrogen and oxygen atoms in total. The van der Waals surface area contributed by atoms with E-state index in [1.807, 2.05) is 23.9 Å². The van der Waals surface area contributed by atoms with E-state index in [4.69, 9.17) is 23.2 Å². The van der Waals surface area contributed by atoms with Crippen LogP contribution in [0.2, 0.25) is 10.0 Å². The Bertz CT molecular complexity index is 2370. The van der Waals surface area contributed by atoms with Crippen LogP contribution < -0.4 is 5.35 Å². The topological polar surface area (TPSA) is 7.94 Å². The van der Waals surface area contributed by atoms with Crippen LogP contribution in [0.3, 0.4) is 0 Å². The minimum absolute atomic E-state index is 0.803. The first-order valence-electron chi connectivity index (χ1n) is 16.0. The molecule has 5 heteroatoms. The van der Waals surface area contributed by atoms with Crippen molar-refractivity contribution in [2.24, 2.45) is 0 Å². The summed E-state index contributed by atoms with van der Waals surface area (Å²) in [4.78, 5) is 2.60. The van der Waals surface area contributed by atoms with Crippen molar-refractivity contribution in [3.05, 3.63) is 146 Å².